The van der Waals surface area contributed by atoms with Crippen LogP contribution in [0.25, 0.3) is 0 Å². The summed E-state index contributed by atoms with van der Waals surface area (Å²) in [5.41, 5.74) is 2.98. The van der Waals surface area contributed by atoms with Crippen LogP contribution in [0, 0.1) is 11.8 Å². The van der Waals surface area contributed by atoms with Crippen LogP contribution in [-0.4, -0.2) is 45.5 Å². The maximum absolute atomic E-state index is 11.5. The number of alkyl carbamates (subject to hydrolysis) is 2. The predicted octanol–water partition coefficient (Wildman–Crippen LogP) is 5.80. The van der Waals surface area contributed by atoms with Crippen LogP contribution >= 0.6 is 0 Å². The number of carbonyl (C=O) groups excluding carboxylic acids is 2. The zero-order chi connectivity index (χ0) is 31.2. The Hall–Kier alpha value is -4.08. The first kappa shape index (κ1) is 32.4. The van der Waals surface area contributed by atoms with E-state index in [1.165, 1.54) is 0 Å². The summed E-state index contributed by atoms with van der Waals surface area (Å²) in [5, 5.41) is 23.2. The molecule has 2 amide bonds. The van der Waals surface area contributed by atoms with Gasteiger partial charge in [-0.25, -0.2) is 9.59 Å². The highest BCUT2D eigenvalue weighted by atomic mass is 16.6. The lowest BCUT2D eigenvalue weighted by molar-refractivity contribution is -0.139. The predicted molar refractivity (Wildman–Crippen MR) is 156 cm³/mol. The van der Waals surface area contributed by atoms with Gasteiger partial charge in [-0.1, -0.05) is 48.5 Å². The molecule has 0 saturated heterocycles. The summed E-state index contributed by atoms with van der Waals surface area (Å²) in [4.78, 5) is 44.8. The number of carboxylic acids is 2. The van der Waals surface area contributed by atoms with Crippen molar-refractivity contribution in [3.63, 3.8) is 0 Å². The topological polar surface area (TPSA) is 151 Å². The van der Waals surface area contributed by atoms with E-state index in [0.29, 0.717) is 25.9 Å². The lowest BCUT2D eigenvalue weighted by Crippen LogP contribution is -2.32. The van der Waals surface area contributed by atoms with Gasteiger partial charge in [0.05, 0.1) is 11.8 Å². The van der Waals surface area contributed by atoms with Gasteiger partial charge in [0.1, 0.15) is 11.2 Å². The Bertz CT molecular complexity index is 1160. The van der Waals surface area contributed by atoms with Gasteiger partial charge in [0.15, 0.2) is 0 Å². The normalized spacial score (nSPS) is 20.7. The van der Waals surface area contributed by atoms with Crippen LogP contribution in [0.4, 0.5) is 9.59 Å². The smallest absolute Gasteiger partial charge is 0.407 e. The molecule has 0 aromatic heterocycles. The first-order valence-electron chi connectivity index (χ1n) is 14.1. The molecule has 0 unspecified atom stereocenters. The highest BCUT2D eigenvalue weighted by Crippen LogP contribution is 2.48. The lowest BCUT2D eigenvalue weighted by Gasteiger charge is -2.19. The third-order valence-electron chi connectivity index (χ3n) is 6.70. The number of carbonyl (C=O) groups is 4. The Morgan fingerprint density at radius 2 is 0.952 bits per heavy atom. The third kappa shape index (κ3) is 10.7. The Morgan fingerprint density at radius 1 is 0.643 bits per heavy atom. The largest absolute Gasteiger partial charge is 0.481 e. The van der Waals surface area contributed by atoms with Gasteiger partial charge in [-0.15, -0.1) is 0 Å². The molecule has 10 nitrogen and oxygen atoms in total. The van der Waals surface area contributed by atoms with Crippen molar-refractivity contribution in [2.75, 3.05) is 0 Å². The minimum absolute atomic E-state index is 0.135. The molecule has 4 rings (SSSR count). The number of aliphatic carboxylic acids is 2. The number of hydrogen-bond donors (Lipinski definition) is 4. The summed E-state index contributed by atoms with van der Waals surface area (Å²) < 4.78 is 10.3. The highest BCUT2D eigenvalue weighted by Gasteiger charge is 2.44. The molecule has 0 heterocycles. The quantitative estimate of drug-likeness (QED) is 0.305. The van der Waals surface area contributed by atoms with E-state index in [2.05, 4.69) is 10.6 Å². The molecular formula is C32H42N2O8. The van der Waals surface area contributed by atoms with Crippen LogP contribution in [0.2, 0.25) is 0 Å². The standard InChI is InChI=1S/2C16H21NO4/c2*1-16(2,3)21-15(20)17-9-10-4-6-11(7-5-10)12-8-13(12)14(18)19/h2*4-7,12-13H,8-9H2,1-3H3,(H,17,20)(H,18,19)/t2*12-,13+/m10/s1. The van der Waals surface area contributed by atoms with Crippen molar-refractivity contribution < 1.29 is 38.9 Å². The number of benzene rings is 2. The van der Waals surface area contributed by atoms with Crippen molar-refractivity contribution in [1.29, 1.82) is 0 Å². The Kier molecular flexibility index (Phi) is 10.2. The van der Waals surface area contributed by atoms with E-state index >= 15 is 0 Å². The number of ether oxygens (including phenoxy) is 2. The van der Waals surface area contributed by atoms with Crippen LogP contribution in [0.3, 0.4) is 0 Å². The molecule has 2 fully saturated rings. The number of carboxylic acid groups (broad SMARTS) is 2. The highest BCUT2D eigenvalue weighted by molar-refractivity contribution is 5.75. The van der Waals surface area contributed by atoms with Gasteiger partial charge >= 0.3 is 24.1 Å². The molecule has 0 spiro atoms. The lowest BCUT2D eigenvalue weighted by atomic mass is 10.1. The summed E-state index contributed by atoms with van der Waals surface area (Å²) in [5.74, 6) is -1.66. The van der Waals surface area contributed by atoms with Gasteiger partial charge < -0.3 is 30.3 Å². The van der Waals surface area contributed by atoms with E-state index in [-0.39, 0.29) is 23.7 Å². The average Bonchev–Trinajstić information content (AvgIpc) is 3.79. The Balaban J connectivity index is 0.000000230. The minimum atomic E-state index is -0.726. The zero-order valence-electron chi connectivity index (χ0n) is 25.1. The number of nitrogens with one attached hydrogen (secondary N) is 2. The second kappa shape index (κ2) is 13.3. The fraction of sp³-hybridized carbons (Fsp3) is 0.500. The van der Waals surface area contributed by atoms with Crippen molar-refractivity contribution in [3.05, 3.63) is 70.8 Å². The Labute approximate surface area is 246 Å². The van der Waals surface area contributed by atoms with Gasteiger partial charge in [0, 0.05) is 13.1 Å². The van der Waals surface area contributed by atoms with Crippen LogP contribution in [-0.2, 0) is 32.2 Å². The van der Waals surface area contributed by atoms with Gasteiger partial charge in [0.2, 0.25) is 0 Å². The molecule has 4 atom stereocenters. The minimum Gasteiger partial charge on any atom is -0.481 e. The monoisotopic (exact) mass is 582 g/mol. The van der Waals surface area contributed by atoms with Crippen molar-refractivity contribution in [3.8, 4) is 0 Å². The number of amides is 2. The Morgan fingerprint density at radius 3 is 1.19 bits per heavy atom. The van der Waals surface area contributed by atoms with E-state index in [9.17, 15) is 19.2 Å². The second-order valence-corrected chi connectivity index (χ2v) is 12.8. The molecule has 0 radical (unpaired) electrons. The molecule has 2 aromatic carbocycles. The molecule has 2 saturated carbocycles. The summed E-state index contributed by atoms with van der Waals surface area (Å²) in [6.07, 6.45) is 0.537. The maximum atomic E-state index is 11.5. The summed E-state index contributed by atoms with van der Waals surface area (Å²) >= 11 is 0. The van der Waals surface area contributed by atoms with Gasteiger partial charge in [-0.3, -0.25) is 9.59 Å². The second-order valence-electron chi connectivity index (χ2n) is 12.8. The van der Waals surface area contributed by atoms with E-state index in [1.54, 1.807) is 0 Å². The molecule has 4 N–H and O–H groups in total. The fourth-order valence-corrected chi connectivity index (χ4v) is 4.41. The maximum Gasteiger partial charge on any atom is 0.407 e. The van der Waals surface area contributed by atoms with Crippen molar-refractivity contribution in [1.82, 2.24) is 10.6 Å². The first-order valence-corrected chi connectivity index (χ1v) is 14.1. The van der Waals surface area contributed by atoms with E-state index in [0.717, 1.165) is 22.3 Å². The van der Waals surface area contributed by atoms with E-state index in [1.807, 2.05) is 90.1 Å². The van der Waals surface area contributed by atoms with E-state index < -0.39 is 35.3 Å². The van der Waals surface area contributed by atoms with Gasteiger partial charge in [-0.05, 0) is 88.5 Å². The number of hydrogen-bond acceptors (Lipinski definition) is 6. The fourth-order valence-electron chi connectivity index (χ4n) is 4.41. The summed E-state index contributed by atoms with van der Waals surface area (Å²) in [6.45, 7) is 11.7. The van der Waals surface area contributed by atoms with E-state index in [4.69, 9.17) is 19.7 Å². The van der Waals surface area contributed by atoms with Crippen LogP contribution in [0.15, 0.2) is 48.5 Å². The molecule has 2 aromatic rings. The van der Waals surface area contributed by atoms with Gasteiger partial charge in [-0.2, -0.15) is 0 Å². The molecule has 2 aliphatic carbocycles. The third-order valence-corrected chi connectivity index (χ3v) is 6.70. The van der Waals surface area contributed by atoms with Crippen LogP contribution in [0.5, 0.6) is 0 Å². The van der Waals surface area contributed by atoms with Crippen molar-refractivity contribution in [2.45, 2.75) is 90.5 Å². The molecule has 0 bridgehead atoms. The molecular weight excluding hydrogens is 540 g/mol. The zero-order valence-corrected chi connectivity index (χ0v) is 25.1. The molecule has 0 aliphatic heterocycles. The van der Waals surface area contributed by atoms with Gasteiger partial charge in [0.25, 0.3) is 0 Å². The van der Waals surface area contributed by atoms with Crippen LogP contribution in [0.1, 0.15) is 88.5 Å². The SMILES string of the molecule is CC(C)(C)OC(=O)NCc1ccc([C@@H]2C[C@H]2C(=O)O)cc1.CC(C)(C)OC(=O)NCc1ccc([C@H]2C[C@@H]2C(=O)O)cc1. The molecule has 10 heteroatoms. The molecule has 228 valence electrons. The molecule has 2 aliphatic rings. The van der Waals surface area contributed by atoms with Crippen molar-refractivity contribution in [2.24, 2.45) is 11.8 Å². The van der Waals surface area contributed by atoms with Crippen molar-refractivity contribution >= 4 is 24.1 Å². The molecule has 42 heavy (non-hydrogen) atoms. The average molecular weight is 583 g/mol. The summed E-state index contributed by atoms with van der Waals surface area (Å²) in [6, 6.07) is 15.3. The summed E-state index contributed by atoms with van der Waals surface area (Å²) in [7, 11) is 0. The first-order chi connectivity index (χ1) is 19.5. The van der Waals surface area contributed by atoms with Crippen LogP contribution < -0.4 is 10.6 Å². The number of rotatable bonds is 8.